The van der Waals surface area contributed by atoms with Crippen molar-refractivity contribution in [1.29, 1.82) is 0 Å². The van der Waals surface area contributed by atoms with Crippen LogP contribution in [0.1, 0.15) is 49.8 Å². The van der Waals surface area contributed by atoms with Crippen molar-refractivity contribution in [3.63, 3.8) is 0 Å². The number of nitrogens with two attached hydrogens (primary N) is 1. The molecule has 6 rings (SSSR count). The summed E-state index contributed by atoms with van der Waals surface area (Å²) >= 11 is 3.44. The zero-order valence-electron chi connectivity index (χ0n) is 30.4. The molecule has 0 aliphatic heterocycles. The highest BCUT2D eigenvalue weighted by Gasteiger charge is 2.15. The van der Waals surface area contributed by atoms with E-state index >= 15 is 0 Å². The van der Waals surface area contributed by atoms with Crippen molar-refractivity contribution in [2.75, 3.05) is 26.7 Å². The molecule has 2 aromatic heterocycles. The van der Waals surface area contributed by atoms with Gasteiger partial charge in [0.2, 0.25) is 0 Å². The zero-order valence-corrected chi connectivity index (χ0v) is 30.9. The van der Waals surface area contributed by atoms with Gasteiger partial charge in [0.05, 0.1) is 55.9 Å². The second kappa shape index (κ2) is 19.8. The van der Waals surface area contributed by atoms with E-state index in [2.05, 4.69) is 36.2 Å². The Labute approximate surface area is 307 Å². The minimum Gasteiger partial charge on any atom is -0.465 e. The summed E-state index contributed by atoms with van der Waals surface area (Å²) in [5, 5.41) is 3.34. The second-order valence-electron chi connectivity index (χ2n) is 11.4. The van der Waals surface area contributed by atoms with Gasteiger partial charge in [-0.15, -0.1) is 0 Å². The van der Waals surface area contributed by atoms with E-state index < -0.39 is 7.15 Å². The molecule has 10 nitrogen and oxygen atoms in total. The first-order valence-corrected chi connectivity index (χ1v) is 16.6. The zero-order chi connectivity index (χ0) is 38.2. The van der Waals surface area contributed by atoms with Crippen molar-refractivity contribution in [3.8, 4) is 22.5 Å². The summed E-state index contributed by atoms with van der Waals surface area (Å²) < 4.78 is 25.6. The number of hydrogen-bond acceptors (Lipinski definition) is 10. The molecule has 0 aliphatic carbocycles. The predicted octanol–water partition coefficient (Wildman–Crippen LogP) is 8.69. The van der Waals surface area contributed by atoms with Gasteiger partial charge in [0.15, 0.2) is 5.82 Å². The Morgan fingerprint density at radius 1 is 0.706 bits per heavy atom. The molecule has 2 heterocycles. The van der Waals surface area contributed by atoms with Crippen LogP contribution in [0.3, 0.4) is 0 Å². The van der Waals surface area contributed by atoms with E-state index in [0.717, 1.165) is 33.5 Å². The summed E-state index contributed by atoms with van der Waals surface area (Å²) in [4.78, 5) is 41.8. The largest absolute Gasteiger partial charge is 0.465 e. The molecule has 0 fully saturated rings. The van der Waals surface area contributed by atoms with Crippen molar-refractivity contribution in [1.82, 2.24) is 19.9 Å². The summed E-state index contributed by atoms with van der Waals surface area (Å²) in [6.07, 6.45) is 0. The number of fused-ring (bicyclic) bond motifs is 2. The number of aromatic nitrogens is 4. The van der Waals surface area contributed by atoms with Crippen LogP contribution in [0.15, 0.2) is 102 Å². The molecular formula is C39H42BrFN6O4. The Hall–Kier alpha value is -5.33. The molecule has 0 atom stereocenters. The lowest BCUT2D eigenvalue weighted by molar-refractivity contribution is 0.0592. The van der Waals surface area contributed by atoms with Gasteiger partial charge in [-0.2, -0.15) is 0 Å². The number of nitrogens with zero attached hydrogens (tertiary/aromatic N) is 4. The lowest BCUT2D eigenvalue weighted by atomic mass is 10.1. The number of hydrogen-bond donors (Lipinski definition) is 2. The van der Waals surface area contributed by atoms with Crippen molar-refractivity contribution in [2.24, 2.45) is 5.73 Å². The number of carbonyl (C=O) groups is 2. The molecule has 0 spiro atoms. The number of halogens is 2. The Kier molecular flexibility index (Phi) is 14.9. The number of benzene rings is 4. The van der Waals surface area contributed by atoms with Crippen LogP contribution in [-0.2, 0) is 9.47 Å². The smallest absolute Gasteiger partial charge is 0.337 e. The van der Waals surface area contributed by atoms with Gasteiger partial charge in [0.25, 0.3) is 0 Å². The first-order chi connectivity index (χ1) is 24.9. The minimum absolute atomic E-state index is 0.211. The van der Waals surface area contributed by atoms with Crippen LogP contribution < -0.4 is 11.1 Å². The molecule has 0 aliphatic rings. The van der Waals surface area contributed by atoms with Gasteiger partial charge in [-0.05, 0) is 72.2 Å². The van der Waals surface area contributed by atoms with Crippen molar-refractivity contribution >= 4 is 55.8 Å². The van der Waals surface area contributed by atoms with Gasteiger partial charge in [-0.1, -0.05) is 74.5 Å². The summed E-state index contributed by atoms with van der Waals surface area (Å²) in [7, 11) is 1.72. The van der Waals surface area contributed by atoms with E-state index in [0.29, 0.717) is 38.6 Å². The van der Waals surface area contributed by atoms with E-state index in [9.17, 15) is 14.0 Å². The first kappa shape index (κ1) is 38.5. The van der Waals surface area contributed by atoms with E-state index in [-0.39, 0.29) is 18.0 Å². The van der Waals surface area contributed by atoms with Gasteiger partial charge in [-0.3, -0.25) is 4.39 Å². The number of methoxy groups -OCH3 is 2. The van der Waals surface area contributed by atoms with E-state index in [1.165, 1.54) is 14.2 Å². The third-order valence-corrected chi connectivity index (χ3v) is 7.20. The Morgan fingerprint density at radius 3 is 1.55 bits per heavy atom. The molecule has 6 aromatic rings. The molecule has 0 saturated carbocycles. The minimum atomic E-state index is -1.00. The maximum Gasteiger partial charge on any atom is 0.337 e. The molecule has 3 N–H and O–H groups in total. The van der Waals surface area contributed by atoms with Gasteiger partial charge in [0.1, 0.15) is 16.0 Å². The third-order valence-electron chi connectivity index (χ3n) is 6.65. The lowest BCUT2D eigenvalue weighted by Crippen LogP contribution is -2.13. The van der Waals surface area contributed by atoms with Crippen LogP contribution >= 0.6 is 15.9 Å². The van der Waals surface area contributed by atoms with Gasteiger partial charge in [0, 0.05) is 17.2 Å². The van der Waals surface area contributed by atoms with Crippen molar-refractivity contribution in [2.45, 2.75) is 39.8 Å². The normalized spacial score (nSPS) is 10.5. The molecule has 266 valence electrons. The first-order valence-electron chi connectivity index (χ1n) is 16.6. The molecule has 0 radical (unpaired) electrons. The highest BCUT2D eigenvalue weighted by molar-refractivity contribution is 9.10. The SMILES string of the molecule is CC(C)N.COC(=O)c1ccc2nc(-c3ccccc3)c(Br)nc2c1.COC(=O)c1ccc2nc(-c3ccccc3)c(NC(C)C)nc2c1.[2H]CF. The summed E-state index contributed by atoms with van der Waals surface area (Å²) in [5.41, 5.74) is 12.3. The van der Waals surface area contributed by atoms with Crippen LogP contribution in [0.2, 0.25) is 0 Å². The Bertz CT molecular complexity index is 2070. The van der Waals surface area contributed by atoms with E-state index in [4.69, 9.17) is 21.6 Å². The number of esters is 2. The summed E-state index contributed by atoms with van der Waals surface area (Å²) in [6, 6.07) is 30.6. The molecule has 0 saturated heterocycles. The molecular weight excluding hydrogens is 715 g/mol. The maximum absolute atomic E-state index is 11.7. The van der Waals surface area contributed by atoms with E-state index in [1.807, 2.05) is 88.4 Å². The molecule has 0 bridgehead atoms. The molecule has 51 heavy (non-hydrogen) atoms. The average Bonchev–Trinajstić information content (AvgIpc) is 3.14. The lowest BCUT2D eigenvalue weighted by Gasteiger charge is -2.14. The molecule has 12 heteroatoms. The molecule has 4 aromatic carbocycles. The van der Waals surface area contributed by atoms with Gasteiger partial charge in [-0.25, -0.2) is 29.5 Å². The topological polar surface area (TPSA) is 142 Å². The quantitative estimate of drug-likeness (QED) is 0.159. The van der Waals surface area contributed by atoms with E-state index in [1.54, 1.807) is 36.4 Å². The van der Waals surface area contributed by atoms with Crippen molar-refractivity contribution < 1.29 is 24.8 Å². The number of nitrogens with one attached hydrogen (secondary N) is 1. The highest BCUT2D eigenvalue weighted by atomic mass is 79.9. The van der Waals surface area contributed by atoms with Gasteiger partial charge < -0.3 is 20.5 Å². The fourth-order valence-electron chi connectivity index (χ4n) is 4.53. The van der Waals surface area contributed by atoms with Gasteiger partial charge >= 0.3 is 11.9 Å². The van der Waals surface area contributed by atoms with Crippen LogP contribution in [-0.4, -0.2) is 65.3 Å². The third kappa shape index (κ3) is 11.3. The van der Waals surface area contributed by atoms with Crippen LogP contribution in [0.5, 0.6) is 0 Å². The summed E-state index contributed by atoms with van der Waals surface area (Å²) in [5.74, 6) is -0.0723. The summed E-state index contributed by atoms with van der Waals surface area (Å²) in [6.45, 7) is 7.98. The number of anilines is 1. The second-order valence-corrected chi connectivity index (χ2v) is 12.2. The molecule has 0 amide bonds. The standard InChI is InChI=1S/C19H19N3O2.C16H11BrN2O2.C3H9N.CH3F/c1-12(2)20-18-17(13-7-5-4-6-8-13)21-15-10-9-14(19(23)24-3)11-16(15)22-18;1-21-16(20)11-7-8-12-13(9-11)19-15(17)14(18-12)10-5-3-2-4-6-10;1-3(2)4;1-2/h4-12H,1-3H3,(H,20,22);2-9H,1H3;3H,4H2,1-2H3;1H3/i;;;1D. The number of alkyl halides is 1. The highest BCUT2D eigenvalue weighted by Crippen LogP contribution is 2.29. The Morgan fingerprint density at radius 2 is 1.12 bits per heavy atom. The average molecular weight is 759 g/mol. The fraction of sp³-hybridized carbons (Fsp3) is 0.231. The molecule has 0 unspecified atom stereocenters. The number of carbonyl (C=O) groups excluding carboxylic acids is 2. The van der Waals surface area contributed by atoms with Crippen LogP contribution in [0, 0.1) is 0 Å². The van der Waals surface area contributed by atoms with Crippen LogP contribution in [0.25, 0.3) is 44.6 Å². The predicted molar refractivity (Wildman–Crippen MR) is 205 cm³/mol. The number of ether oxygens (including phenoxy) is 2. The van der Waals surface area contributed by atoms with Crippen molar-refractivity contribution in [3.05, 3.63) is 113 Å². The maximum atomic E-state index is 11.7. The monoisotopic (exact) mass is 757 g/mol. The number of rotatable bonds is 6. The fourth-order valence-corrected chi connectivity index (χ4v) is 5.04. The van der Waals surface area contributed by atoms with Crippen LogP contribution in [0.4, 0.5) is 10.2 Å². The Balaban J connectivity index is 0.000000239.